The van der Waals surface area contributed by atoms with Crippen LogP contribution >= 0.6 is 24.0 Å². The zero-order chi connectivity index (χ0) is 21.0. The van der Waals surface area contributed by atoms with Crippen LogP contribution in [0, 0.1) is 0 Å². The van der Waals surface area contributed by atoms with Crippen molar-refractivity contribution in [3.63, 3.8) is 0 Å². The molecule has 8 heteroatoms. The van der Waals surface area contributed by atoms with Gasteiger partial charge in [0.05, 0.1) is 19.5 Å². The van der Waals surface area contributed by atoms with Gasteiger partial charge in [-0.15, -0.1) is 24.0 Å². The summed E-state index contributed by atoms with van der Waals surface area (Å²) >= 11 is 0. The molecule has 7 nitrogen and oxygen atoms in total. The number of furan rings is 1. The fourth-order valence-corrected chi connectivity index (χ4v) is 3.46. The highest BCUT2D eigenvalue weighted by Crippen LogP contribution is 2.32. The van der Waals surface area contributed by atoms with E-state index in [9.17, 15) is 0 Å². The molecule has 1 aromatic heterocycles. The minimum atomic E-state index is 0. The van der Waals surface area contributed by atoms with Gasteiger partial charge in [0.1, 0.15) is 12.4 Å². The van der Waals surface area contributed by atoms with Gasteiger partial charge in [-0.3, -0.25) is 4.99 Å². The zero-order valence-corrected chi connectivity index (χ0v) is 20.7. The van der Waals surface area contributed by atoms with Crippen LogP contribution in [0.2, 0.25) is 0 Å². The molecule has 0 radical (unpaired) electrons. The highest BCUT2D eigenvalue weighted by Gasteiger charge is 2.18. The maximum atomic E-state index is 6.18. The fourth-order valence-electron chi connectivity index (χ4n) is 3.46. The summed E-state index contributed by atoms with van der Waals surface area (Å²) in [4.78, 5) is 4.28. The lowest BCUT2D eigenvalue weighted by molar-refractivity contribution is 0.105. The number of rotatable bonds is 11. The van der Waals surface area contributed by atoms with Crippen molar-refractivity contribution < 1.29 is 18.6 Å². The van der Waals surface area contributed by atoms with E-state index in [1.807, 2.05) is 24.3 Å². The molecule has 1 aliphatic carbocycles. The summed E-state index contributed by atoms with van der Waals surface area (Å²) in [5.74, 6) is 3.20. The van der Waals surface area contributed by atoms with Gasteiger partial charge < -0.3 is 29.3 Å². The van der Waals surface area contributed by atoms with Crippen LogP contribution in [0.15, 0.2) is 46.0 Å². The Morgan fingerprint density at radius 3 is 2.71 bits per heavy atom. The van der Waals surface area contributed by atoms with E-state index in [0.29, 0.717) is 25.9 Å². The molecule has 1 heterocycles. The maximum absolute atomic E-state index is 6.18. The van der Waals surface area contributed by atoms with Gasteiger partial charge in [0.15, 0.2) is 17.5 Å². The van der Waals surface area contributed by atoms with Crippen molar-refractivity contribution in [1.29, 1.82) is 0 Å². The first-order chi connectivity index (χ1) is 14.8. The Hall–Kier alpha value is -1.94. The number of halogens is 1. The van der Waals surface area contributed by atoms with E-state index < -0.39 is 0 Å². The minimum absolute atomic E-state index is 0. The van der Waals surface area contributed by atoms with Gasteiger partial charge in [0, 0.05) is 26.7 Å². The van der Waals surface area contributed by atoms with Crippen LogP contribution in [0.3, 0.4) is 0 Å². The smallest absolute Gasteiger partial charge is 0.191 e. The van der Waals surface area contributed by atoms with Gasteiger partial charge in [-0.2, -0.15) is 0 Å². The summed E-state index contributed by atoms with van der Waals surface area (Å²) in [5, 5.41) is 6.65. The SMILES string of the molecule is CN=C(NCCCOCc1ccco1)NCc1ccc(OC)c(OC2CCCC2)c1.I. The Morgan fingerprint density at radius 2 is 2.00 bits per heavy atom. The Bertz CT molecular complexity index is 777. The number of aliphatic imine (C=N–C) groups is 1. The van der Waals surface area contributed by atoms with Crippen LogP contribution in [0.4, 0.5) is 0 Å². The molecule has 1 fully saturated rings. The number of guanidine groups is 1. The zero-order valence-electron chi connectivity index (χ0n) is 18.4. The number of hydrogen-bond donors (Lipinski definition) is 2. The van der Waals surface area contributed by atoms with Gasteiger partial charge in [0.25, 0.3) is 0 Å². The number of hydrogen-bond acceptors (Lipinski definition) is 5. The lowest BCUT2D eigenvalue weighted by atomic mass is 10.2. The summed E-state index contributed by atoms with van der Waals surface area (Å²) in [6.45, 7) is 2.59. The number of nitrogens with one attached hydrogen (secondary N) is 2. The second kappa shape index (κ2) is 14.2. The molecule has 1 aliphatic rings. The second-order valence-electron chi connectivity index (χ2n) is 7.35. The largest absolute Gasteiger partial charge is 0.493 e. The first kappa shape index (κ1) is 25.3. The maximum Gasteiger partial charge on any atom is 0.191 e. The third-order valence-electron chi connectivity index (χ3n) is 5.09. The van der Waals surface area contributed by atoms with Crippen LogP contribution in [0.1, 0.15) is 43.4 Å². The number of nitrogens with zero attached hydrogens (tertiary/aromatic N) is 1. The van der Waals surface area contributed by atoms with E-state index in [2.05, 4.69) is 21.7 Å². The molecular weight excluding hydrogens is 509 g/mol. The number of methoxy groups -OCH3 is 1. The minimum Gasteiger partial charge on any atom is -0.493 e. The summed E-state index contributed by atoms with van der Waals surface area (Å²) in [7, 11) is 3.45. The topological polar surface area (TPSA) is 77.3 Å². The first-order valence-corrected chi connectivity index (χ1v) is 10.7. The lowest BCUT2D eigenvalue weighted by Crippen LogP contribution is -2.37. The third-order valence-corrected chi connectivity index (χ3v) is 5.09. The van der Waals surface area contributed by atoms with Crippen LogP contribution in [-0.2, 0) is 17.9 Å². The molecule has 1 aromatic carbocycles. The van der Waals surface area contributed by atoms with Gasteiger partial charge in [-0.1, -0.05) is 6.07 Å². The van der Waals surface area contributed by atoms with E-state index in [4.69, 9.17) is 18.6 Å². The molecule has 2 aromatic rings. The quantitative estimate of drug-likeness (QED) is 0.188. The molecule has 0 unspecified atom stereocenters. The molecule has 2 N–H and O–H groups in total. The van der Waals surface area contributed by atoms with Crippen LogP contribution in [-0.4, -0.2) is 39.4 Å². The van der Waals surface area contributed by atoms with Crippen LogP contribution < -0.4 is 20.1 Å². The van der Waals surface area contributed by atoms with Crippen LogP contribution in [0.25, 0.3) is 0 Å². The van der Waals surface area contributed by atoms with Crippen molar-refractivity contribution in [3.8, 4) is 11.5 Å². The molecule has 0 amide bonds. The molecule has 172 valence electrons. The Kier molecular flexibility index (Phi) is 11.6. The lowest BCUT2D eigenvalue weighted by Gasteiger charge is -2.17. The summed E-state index contributed by atoms with van der Waals surface area (Å²) in [6, 6.07) is 9.84. The highest BCUT2D eigenvalue weighted by atomic mass is 127. The monoisotopic (exact) mass is 543 g/mol. The molecule has 31 heavy (non-hydrogen) atoms. The normalized spacial score (nSPS) is 14.2. The summed E-state index contributed by atoms with van der Waals surface area (Å²) < 4.78 is 22.5. The molecule has 0 atom stereocenters. The second-order valence-corrected chi connectivity index (χ2v) is 7.35. The molecule has 1 saturated carbocycles. The molecule has 0 bridgehead atoms. The van der Waals surface area contributed by atoms with E-state index in [0.717, 1.165) is 54.6 Å². The Morgan fingerprint density at radius 1 is 1.16 bits per heavy atom. The standard InChI is InChI=1S/C23H33N3O4.HI/c1-24-23(25-12-6-13-28-17-20-9-5-14-29-20)26-16-18-10-11-21(27-2)22(15-18)30-19-7-3-4-8-19;/h5,9-11,14-15,19H,3-4,6-8,12-13,16-17H2,1-2H3,(H2,24,25,26);1H. The van der Waals surface area contributed by atoms with Crippen molar-refractivity contribution in [2.24, 2.45) is 4.99 Å². The van der Waals surface area contributed by atoms with Crippen molar-refractivity contribution in [3.05, 3.63) is 47.9 Å². The average molecular weight is 543 g/mol. The third kappa shape index (κ3) is 8.60. The van der Waals surface area contributed by atoms with E-state index >= 15 is 0 Å². The van der Waals surface area contributed by atoms with E-state index in [-0.39, 0.29) is 24.0 Å². The van der Waals surface area contributed by atoms with Crippen molar-refractivity contribution >= 4 is 29.9 Å². The van der Waals surface area contributed by atoms with E-state index in [1.54, 1.807) is 20.4 Å². The predicted molar refractivity (Wildman–Crippen MR) is 132 cm³/mol. The van der Waals surface area contributed by atoms with Crippen LogP contribution in [0.5, 0.6) is 11.5 Å². The Balaban J connectivity index is 0.00000341. The summed E-state index contributed by atoms with van der Waals surface area (Å²) in [5.41, 5.74) is 1.12. The van der Waals surface area contributed by atoms with Gasteiger partial charge >= 0.3 is 0 Å². The first-order valence-electron chi connectivity index (χ1n) is 10.7. The van der Waals surface area contributed by atoms with E-state index in [1.165, 1.54) is 12.8 Å². The molecule has 0 spiro atoms. The Labute approximate surface area is 202 Å². The highest BCUT2D eigenvalue weighted by molar-refractivity contribution is 14.0. The van der Waals surface area contributed by atoms with Crippen molar-refractivity contribution in [2.45, 2.75) is 51.4 Å². The average Bonchev–Trinajstić information content (AvgIpc) is 3.47. The van der Waals surface area contributed by atoms with Gasteiger partial charge in [0.2, 0.25) is 0 Å². The fraction of sp³-hybridized carbons (Fsp3) is 0.522. The van der Waals surface area contributed by atoms with Gasteiger partial charge in [-0.25, -0.2) is 0 Å². The molecular formula is C23H34IN3O4. The summed E-state index contributed by atoms with van der Waals surface area (Å²) in [6.07, 6.45) is 7.55. The molecule has 0 aliphatic heterocycles. The van der Waals surface area contributed by atoms with Crippen molar-refractivity contribution in [1.82, 2.24) is 10.6 Å². The number of ether oxygens (including phenoxy) is 3. The number of benzene rings is 1. The van der Waals surface area contributed by atoms with Gasteiger partial charge in [-0.05, 0) is 61.9 Å². The predicted octanol–water partition coefficient (Wildman–Crippen LogP) is 4.50. The molecule has 0 saturated heterocycles. The molecule has 3 rings (SSSR count). The van der Waals surface area contributed by atoms with Crippen molar-refractivity contribution in [2.75, 3.05) is 27.3 Å².